The van der Waals surface area contributed by atoms with Crippen molar-refractivity contribution in [2.75, 3.05) is 7.05 Å². The van der Waals surface area contributed by atoms with E-state index in [9.17, 15) is 4.39 Å². The van der Waals surface area contributed by atoms with Gasteiger partial charge in [-0.1, -0.05) is 0 Å². The van der Waals surface area contributed by atoms with Crippen LogP contribution in [0.4, 0.5) is 4.39 Å². The van der Waals surface area contributed by atoms with Gasteiger partial charge in [0.25, 0.3) is 0 Å². The van der Waals surface area contributed by atoms with E-state index in [0.29, 0.717) is 18.0 Å². The van der Waals surface area contributed by atoms with Crippen molar-refractivity contribution in [2.45, 2.75) is 6.54 Å². The Labute approximate surface area is 103 Å². The number of hydrogen-bond donors (Lipinski definition) is 1. The van der Waals surface area contributed by atoms with Gasteiger partial charge in [0.2, 0.25) is 0 Å². The number of pyridine rings is 1. The first-order valence-corrected chi connectivity index (χ1v) is 5.63. The number of nitrogens with one attached hydrogen (secondary N) is 1. The summed E-state index contributed by atoms with van der Waals surface area (Å²) in [6.45, 7) is 0.596. The monoisotopic (exact) mass is 242 g/mol. The standard InChI is InChI=1S/C13H11FN4/c1-15-7-12-16-6-9-4-8-5-10(14)2-3-11(8)17-13(9)18-12/h2-6,15H,7H2,1H3. The van der Waals surface area contributed by atoms with Crippen molar-refractivity contribution in [1.29, 1.82) is 0 Å². The molecule has 3 aromatic rings. The molecule has 0 atom stereocenters. The lowest BCUT2D eigenvalue weighted by Crippen LogP contribution is -2.09. The molecule has 0 aliphatic carbocycles. The Hall–Kier alpha value is -2.14. The highest BCUT2D eigenvalue weighted by molar-refractivity contribution is 5.90. The summed E-state index contributed by atoms with van der Waals surface area (Å²) in [5.74, 6) is 0.426. The van der Waals surface area contributed by atoms with Gasteiger partial charge in [0.05, 0.1) is 12.1 Å². The molecule has 0 saturated heterocycles. The first kappa shape index (κ1) is 11.0. The third kappa shape index (κ3) is 1.89. The fraction of sp³-hybridized carbons (Fsp3) is 0.154. The van der Waals surface area contributed by atoms with Crippen molar-refractivity contribution in [3.63, 3.8) is 0 Å². The molecule has 0 radical (unpaired) electrons. The predicted molar refractivity (Wildman–Crippen MR) is 67.6 cm³/mol. The molecule has 0 bridgehead atoms. The molecule has 3 rings (SSSR count). The van der Waals surface area contributed by atoms with Crippen LogP contribution in [0.3, 0.4) is 0 Å². The number of hydrogen-bond acceptors (Lipinski definition) is 4. The van der Waals surface area contributed by atoms with Crippen LogP contribution in [0.1, 0.15) is 5.82 Å². The molecule has 2 aromatic heterocycles. The zero-order valence-electron chi connectivity index (χ0n) is 9.81. The summed E-state index contributed by atoms with van der Waals surface area (Å²) in [5, 5.41) is 4.56. The van der Waals surface area contributed by atoms with Gasteiger partial charge in [0.15, 0.2) is 5.65 Å². The van der Waals surface area contributed by atoms with Crippen LogP contribution >= 0.6 is 0 Å². The maximum Gasteiger partial charge on any atom is 0.163 e. The van der Waals surface area contributed by atoms with Gasteiger partial charge in [0.1, 0.15) is 11.6 Å². The van der Waals surface area contributed by atoms with Crippen LogP contribution in [0.15, 0.2) is 30.5 Å². The van der Waals surface area contributed by atoms with Crippen LogP contribution in [0.2, 0.25) is 0 Å². The summed E-state index contributed by atoms with van der Waals surface area (Å²) >= 11 is 0. The molecule has 18 heavy (non-hydrogen) atoms. The summed E-state index contributed by atoms with van der Waals surface area (Å²) in [7, 11) is 1.84. The summed E-state index contributed by atoms with van der Waals surface area (Å²) in [6, 6.07) is 6.37. The normalized spacial score (nSPS) is 11.2. The molecule has 5 heteroatoms. The molecule has 0 aliphatic rings. The third-order valence-electron chi connectivity index (χ3n) is 2.71. The molecule has 0 spiro atoms. The minimum atomic E-state index is -0.267. The van der Waals surface area contributed by atoms with Crippen molar-refractivity contribution >= 4 is 21.9 Å². The molecule has 0 fully saturated rings. The molecular weight excluding hydrogens is 231 g/mol. The smallest absolute Gasteiger partial charge is 0.163 e. The summed E-state index contributed by atoms with van der Waals surface area (Å²) in [6.07, 6.45) is 1.71. The molecule has 2 heterocycles. The highest BCUT2D eigenvalue weighted by Crippen LogP contribution is 2.18. The quantitative estimate of drug-likeness (QED) is 0.699. The number of fused-ring (bicyclic) bond motifs is 2. The second-order valence-electron chi connectivity index (χ2n) is 4.05. The van der Waals surface area contributed by atoms with E-state index < -0.39 is 0 Å². The predicted octanol–water partition coefficient (Wildman–Crippen LogP) is 2.04. The zero-order valence-corrected chi connectivity index (χ0v) is 9.81. The van der Waals surface area contributed by atoms with Crippen molar-refractivity contribution in [3.05, 3.63) is 42.1 Å². The first-order valence-electron chi connectivity index (χ1n) is 5.63. The Morgan fingerprint density at radius 2 is 2.06 bits per heavy atom. The second kappa shape index (κ2) is 4.27. The van der Waals surface area contributed by atoms with Gasteiger partial charge < -0.3 is 5.32 Å². The Morgan fingerprint density at radius 3 is 2.89 bits per heavy atom. The van der Waals surface area contributed by atoms with Gasteiger partial charge in [-0.2, -0.15) is 0 Å². The average molecular weight is 242 g/mol. The van der Waals surface area contributed by atoms with Crippen LogP contribution in [-0.4, -0.2) is 22.0 Å². The molecule has 0 saturated carbocycles. The molecule has 4 nitrogen and oxygen atoms in total. The summed E-state index contributed by atoms with van der Waals surface area (Å²) in [4.78, 5) is 13.0. The minimum Gasteiger partial charge on any atom is -0.313 e. The van der Waals surface area contributed by atoms with Crippen molar-refractivity contribution in [2.24, 2.45) is 0 Å². The average Bonchev–Trinajstić information content (AvgIpc) is 2.37. The van der Waals surface area contributed by atoms with E-state index in [1.807, 2.05) is 13.1 Å². The van der Waals surface area contributed by atoms with Crippen LogP contribution in [0, 0.1) is 5.82 Å². The lowest BCUT2D eigenvalue weighted by molar-refractivity contribution is 0.629. The SMILES string of the molecule is CNCc1ncc2cc3cc(F)ccc3nc2n1. The number of aromatic nitrogens is 3. The maximum atomic E-state index is 13.1. The Kier molecular flexibility index (Phi) is 2.60. The van der Waals surface area contributed by atoms with E-state index in [1.54, 1.807) is 12.3 Å². The van der Waals surface area contributed by atoms with E-state index in [1.165, 1.54) is 12.1 Å². The Balaban J connectivity index is 2.24. The topological polar surface area (TPSA) is 50.7 Å². The Morgan fingerprint density at radius 1 is 1.17 bits per heavy atom. The zero-order chi connectivity index (χ0) is 12.5. The van der Waals surface area contributed by atoms with E-state index in [-0.39, 0.29) is 5.82 Å². The molecule has 1 aromatic carbocycles. The maximum absolute atomic E-state index is 13.1. The number of benzene rings is 1. The summed E-state index contributed by atoms with van der Waals surface area (Å²) < 4.78 is 13.1. The molecule has 1 N–H and O–H groups in total. The van der Waals surface area contributed by atoms with Crippen molar-refractivity contribution < 1.29 is 4.39 Å². The van der Waals surface area contributed by atoms with Crippen molar-refractivity contribution in [1.82, 2.24) is 20.3 Å². The first-order chi connectivity index (χ1) is 8.76. The van der Waals surface area contributed by atoms with E-state index in [0.717, 1.165) is 16.3 Å². The van der Waals surface area contributed by atoms with Crippen LogP contribution in [0.5, 0.6) is 0 Å². The number of halogens is 1. The van der Waals surface area contributed by atoms with E-state index in [2.05, 4.69) is 20.3 Å². The Bertz CT molecular complexity index is 727. The molecule has 0 unspecified atom stereocenters. The fourth-order valence-electron chi connectivity index (χ4n) is 1.88. The van der Waals surface area contributed by atoms with Crippen LogP contribution in [-0.2, 0) is 6.54 Å². The third-order valence-corrected chi connectivity index (χ3v) is 2.71. The van der Waals surface area contributed by atoms with Gasteiger partial charge >= 0.3 is 0 Å². The van der Waals surface area contributed by atoms with Gasteiger partial charge in [0, 0.05) is 17.0 Å². The molecule has 0 aliphatic heterocycles. The molecular formula is C13H11FN4. The number of nitrogens with zero attached hydrogens (tertiary/aromatic N) is 3. The highest BCUT2D eigenvalue weighted by Gasteiger charge is 2.04. The van der Waals surface area contributed by atoms with Gasteiger partial charge in [-0.25, -0.2) is 19.3 Å². The van der Waals surface area contributed by atoms with Crippen LogP contribution in [0.25, 0.3) is 21.9 Å². The summed E-state index contributed by atoms with van der Waals surface area (Å²) in [5.41, 5.74) is 1.37. The lowest BCUT2D eigenvalue weighted by atomic mass is 10.2. The fourth-order valence-corrected chi connectivity index (χ4v) is 1.88. The minimum absolute atomic E-state index is 0.267. The molecule has 90 valence electrons. The van der Waals surface area contributed by atoms with Crippen LogP contribution < -0.4 is 5.32 Å². The van der Waals surface area contributed by atoms with Gasteiger partial charge in [-0.05, 0) is 31.3 Å². The molecule has 0 amide bonds. The largest absolute Gasteiger partial charge is 0.313 e. The van der Waals surface area contributed by atoms with E-state index >= 15 is 0 Å². The van der Waals surface area contributed by atoms with Gasteiger partial charge in [-0.3, -0.25) is 0 Å². The lowest BCUT2D eigenvalue weighted by Gasteiger charge is -2.03. The van der Waals surface area contributed by atoms with E-state index in [4.69, 9.17) is 0 Å². The second-order valence-corrected chi connectivity index (χ2v) is 4.05. The highest BCUT2D eigenvalue weighted by atomic mass is 19.1. The number of rotatable bonds is 2. The van der Waals surface area contributed by atoms with Crippen molar-refractivity contribution in [3.8, 4) is 0 Å². The van der Waals surface area contributed by atoms with Gasteiger partial charge in [-0.15, -0.1) is 0 Å².